The molecule has 1 unspecified atom stereocenters. The van der Waals surface area contributed by atoms with Gasteiger partial charge >= 0.3 is 0 Å². The van der Waals surface area contributed by atoms with Crippen LogP contribution in [0.4, 0.5) is 0 Å². The zero-order chi connectivity index (χ0) is 12.4. The Labute approximate surface area is 113 Å². The number of imidazole rings is 1. The molecule has 0 fully saturated rings. The van der Waals surface area contributed by atoms with E-state index in [1.807, 2.05) is 17.6 Å². The van der Waals surface area contributed by atoms with Crippen LogP contribution in [-0.2, 0) is 4.74 Å². The van der Waals surface area contributed by atoms with Crippen LogP contribution in [0.2, 0.25) is 0 Å². The zero-order valence-corrected chi connectivity index (χ0v) is 12.1. The molecule has 2 aromatic rings. The second kappa shape index (κ2) is 5.29. The van der Waals surface area contributed by atoms with Crippen molar-refractivity contribution in [3.8, 4) is 0 Å². The van der Waals surface area contributed by atoms with Gasteiger partial charge in [-0.15, -0.1) is 0 Å². The number of hydrogen-bond donors (Lipinski definition) is 1. The average Bonchev–Trinajstić information content (AvgIpc) is 2.61. The second-order valence-corrected chi connectivity index (χ2v) is 5.14. The topological polar surface area (TPSA) is 42.8 Å². The highest BCUT2D eigenvalue weighted by atomic mass is 79.9. The number of fused-ring (bicyclic) bond motifs is 1. The second-order valence-electron chi connectivity index (χ2n) is 3.83. The Bertz CT molecular complexity index is 578. The molecule has 6 heteroatoms. The van der Waals surface area contributed by atoms with Crippen molar-refractivity contribution in [1.29, 1.82) is 0 Å². The third-order valence-corrected chi connectivity index (χ3v) is 3.26. The fraction of sp³-hybridized carbons (Fsp3) is 0.455. The van der Waals surface area contributed by atoms with Crippen molar-refractivity contribution in [2.24, 2.45) is 0 Å². The fourth-order valence-electron chi connectivity index (χ4n) is 1.76. The van der Waals surface area contributed by atoms with Gasteiger partial charge in [0.1, 0.15) is 0 Å². The Morgan fingerprint density at radius 2 is 2.41 bits per heavy atom. The van der Waals surface area contributed by atoms with Crippen LogP contribution in [0.15, 0.2) is 16.7 Å². The summed E-state index contributed by atoms with van der Waals surface area (Å²) in [5.74, 6) is 0. The standard InChI is InChI=1S/C11H14BrN3OS/c1-3-16-6-7(2)15-10-9(14-11(15)17)4-8(12)5-13-10/h4-5,7H,3,6H2,1-2H3,(H,14,17). The summed E-state index contributed by atoms with van der Waals surface area (Å²) in [6.07, 6.45) is 1.77. The number of hydrogen-bond acceptors (Lipinski definition) is 3. The number of aromatic amines is 1. The quantitative estimate of drug-likeness (QED) is 0.879. The summed E-state index contributed by atoms with van der Waals surface area (Å²) in [4.78, 5) is 7.55. The maximum Gasteiger partial charge on any atom is 0.179 e. The van der Waals surface area contributed by atoms with Crippen molar-refractivity contribution in [3.63, 3.8) is 0 Å². The molecule has 0 saturated carbocycles. The molecular weight excluding hydrogens is 302 g/mol. The lowest BCUT2D eigenvalue weighted by atomic mass is 10.3. The van der Waals surface area contributed by atoms with E-state index in [2.05, 4.69) is 32.8 Å². The molecule has 2 rings (SSSR count). The minimum Gasteiger partial charge on any atom is -0.380 e. The smallest absolute Gasteiger partial charge is 0.179 e. The molecule has 1 atom stereocenters. The van der Waals surface area contributed by atoms with E-state index in [9.17, 15) is 0 Å². The molecule has 0 saturated heterocycles. The Morgan fingerprint density at radius 3 is 3.12 bits per heavy atom. The predicted octanol–water partition coefficient (Wildman–Crippen LogP) is 3.45. The largest absolute Gasteiger partial charge is 0.380 e. The molecule has 2 heterocycles. The average molecular weight is 316 g/mol. The van der Waals surface area contributed by atoms with Gasteiger partial charge in [0.05, 0.1) is 18.2 Å². The Hall–Kier alpha value is -0.720. The van der Waals surface area contributed by atoms with Crippen LogP contribution in [0.5, 0.6) is 0 Å². The maximum absolute atomic E-state index is 5.43. The fourth-order valence-corrected chi connectivity index (χ4v) is 2.47. The minimum atomic E-state index is 0.171. The van der Waals surface area contributed by atoms with E-state index in [0.717, 1.165) is 15.6 Å². The van der Waals surface area contributed by atoms with Crippen LogP contribution < -0.4 is 0 Å². The molecule has 4 nitrogen and oxygen atoms in total. The van der Waals surface area contributed by atoms with Crippen molar-refractivity contribution in [2.75, 3.05) is 13.2 Å². The van der Waals surface area contributed by atoms with Crippen molar-refractivity contribution in [3.05, 3.63) is 21.5 Å². The van der Waals surface area contributed by atoms with E-state index < -0.39 is 0 Å². The summed E-state index contributed by atoms with van der Waals surface area (Å²) >= 11 is 8.71. The van der Waals surface area contributed by atoms with Crippen LogP contribution in [0.3, 0.4) is 0 Å². The SMILES string of the molecule is CCOCC(C)n1c(=S)[nH]c2cc(Br)cnc21. The number of ether oxygens (including phenoxy) is 1. The zero-order valence-electron chi connectivity index (χ0n) is 9.74. The van der Waals surface area contributed by atoms with Gasteiger partial charge < -0.3 is 9.72 Å². The third kappa shape index (κ3) is 2.59. The first kappa shape index (κ1) is 12.7. The molecule has 0 aromatic carbocycles. The van der Waals surface area contributed by atoms with E-state index in [1.165, 1.54) is 0 Å². The molecule has 0 aliphatic heterocycles. The summed E-state index contributed by atoms with van der Waals surface area (Å²) in [7, 11) is 0. The first-order valence-electron chi connectivity index (χ1n) is 5.47. The van der Waals surface area contributed by atoms with Gasteiger partial charge in [0, 0.05) is 17.3 Å². The third-order valence-electron chi connectivity index (χ3n) is 2.53. The van der Waals surface area contributed by atoms with Crippen molar-refractivity contribution in [2.45, 2.75) is 19.9 Å². The number of nitrogens with zero attached hydrogens (tertiary/aromatic N) is 2. The van der Waals surface area contributed by atoms with Crippen LogP contribution >= 0.6 is 28.1 Å². The highest BCUT2D eigenvalue weighted by molar-refractivity contribution is 9.10. The highest BCUT2D eigenvalue weighted by Crippen LogP contribution is 2.20. The van der Waals surface area contributed by atoms with Crippen LogP contribution in [0, 0.1) is 4.77 Å². The summed E-state index contributed by atoms with van der Waals surface area (Å²) in [5, 5.41) is 0. The summed E-state index contributed by atoms with van der Waals surface area (Å²) in [5.41, 5.74) is 1.80. The summed E-state index contributed by atoms with van der Waals surface area (Å²) < 4.78 is 9.04. The lowest BCUT2D eigenvalue weighted by Gasteiger charge is -2.13. The molecule has 0 bridgehead atoms. The number of nitrogens with one attached hydrogen (secondary N) is 1. The lowest BCUT2D eigenvalue weighted by Crippen LogP contribution is -2.12. The monoisotopic (exact) mass is 315 g/mol. The first-order chi connectivity index (χ1) is 8.13. The summed E-state index contributed by atoms with van der Waals surface area (Å²) in [6, 6.07) is 2.15. The van der Waals surface area contributed by atoms with E-state index in [-0.39, 0.29) is 6.04 Å². The molecule has 0 amide bonds. The lowest BCUT2D eigenvalue weighted by molar-refractivity contribution is 0.119. The molecule has 0 radical (unpaired) electrons. The van der Waals surface area contributed by atoms with E-state index in [1.54, 1.807) is 6.20 Å². The first-order valence-corrected chi connectivity index (χ1v) is 6.67. The molecule has 1 N–H and O–H groups in total. The maximum atomic E-state index is 5.43. The van der Waals surface area contributed by atoms with Crippen molar-refractivity contribution in [1.82, 2.24) is 14.5 Å². The van der Waals surface area contributed by atoms with Crippen LogP contribution in [0.1, 0.15) is 19.9 Å². The molecule has 2 aromatic heterocycles. The highest BCUT2D eigenvalue weighted by Gasteiger charge is 2.12. The normalized spacial score (nSPS) is 13.1. The van der Waals surface area contributed by atoms with Crippen molar-refractivity contribution >= 4 is 39.3 Å². The van der Waals surface area contributed by atoms with Gasteiger partial charge in [-0.05, 0) is 48.1 Å². The molecule has 0 aliphatic carbocycles. The van der Waals surface area contributed by atoms with E-state index in [0.29, 0.717) is 18.0 Å². The van der Waals surface area contributed by atoms with Crippen LogP contribution in [-0.4, -0.2) is 27.7 Å². The van der Waals surface area contributed by atoms with Gasteiger partial charge in [-0.1, -0.05) is 0 Å². The van der Waals surface area contributed by atoms with E-state index in [4.69, 9.17) is 17.0 Å². The number of H-pyrrole nitrogens is 1. The molecule has 0 aliphatic rings. The van der Waals surface area contributed by atoms with Gasteiger partial charge in [0.25, 0.3) is 0 Å². The Morgan fingerprint density at radius 1 is 1.65 bits per heavy atom. The molecule has 17 heavy (non-hydrogen) atoms. The van der Waals surface area contributed by atoms with Crippen molar-refractivity contribution < 1.29 is 4.74 Å². The van der Waals surface area contributed by atoms with Gasteiger partial charge in [-0.2, -0.15) is 0 Å². The number of rotatable bonds is 4. The van der Waals surface area contributed by atoms with Gasteiger partial charge in [-0.3, -0.25) is 4.57 Å². The Balaban J connectivity index is 2.46. The van der Waals surface area contributed by atoms with Gasteiger partial charge in [-0.25, -0.2) is 4.98 Å². The molecular formula is C11H14BrN3OS. The molecule has 92 valence electrons. The number of aromatic nitrogens is 3. The summed E-state index contributed by atoms with van der Waals surface area (Å²) in [6.45, 7) is 5.40. The van der Waals surface area contributed by atoms with Crippen LogP contribution in [0.25, 0.3) is 11.2 Å². The Kier molecular flexibility index (Phi) is 3.96. The number of halogens is 1. The van der Waals surface area contributed by atoms with Gasteiger partial charge in [0.15, 0.2) is 10.4 Å². The predicted molar refractivity (Wildman–Crippen MR) is 73.8 cm³/mol. The minimum absolute atomic E-state index is 0.171. The molecule has 0 spiro atoms. The van der Waals surface area contributed by atoms with E-state index >= 15 is 0 Å². The van der Waals surface area contributed by atoms with Gasteiger partial charge in [0.2, 0.25) is 0 Å². The number of pyridine rings is 1.